The van der Waals surface area contributed by atoms with Crippen LogP contribution in [0, 0.1) is 11.8 Å². The largest absolute Gasteiger partial charge is 0.384 e. The second-order valence-corrected chi connectivity index (χ2v) is 4.29. The normalized spacial score (nSPS) is 9.63. The first-order chi connectivity index (χ1) is 9.20. The van der Waals surface area contributed by atoms with E-state index in [0.29, 0.717) is 11.3 Å². The van der Waals surface area contributed by atoms with Crippen LogP contribution in [0.4, 0.5) is 0 Å². The highest BCUT2D eigenvalue weighted by Crippen LogP contribution is 2.08. The number of hydrogen-bond acceptors (Lipinski definition) is 3. The standard InChI is InChI=1S/C15H20N2O2/c1-3-4-5-11-17(2)15(19)14-13(9-7-12-18)8-6-10-16-14/h6,8,10,18H,3-5,11-12H2,1-2H3. The third-order valence-corrected chi connectivity index (χ3v) is 2.76. The summed E-state index contributed by atoms with van der Waals surface area (Å²) in [6, 6.07) is 3.47. The van der Waals surface area contributed by atoms with E-state index in [1.165, 1.54) is 0 Å². The minimum atomic E-state index is -0.227. The number of unbranched alkanes of at least 4 members (excludes halogenated alkanes) is 2. The van der Waals surface area contributed by atoms with Gasteiger partial charge in [-0.2, -0.15) is 0 Å². The van der Waals surface area contributed by atoms with Crippen molar-refractivity contribution in [3.63, 3.8) is 0 Å². The number of carbonyl (C=O) groups excluding carboxylic acids is 1. The van der Waals surface area contributed by atoms with Crippen molar-refractivity contribution in [2.24, 2.45) is 0 Å². The first-order valence-corrected chi connectivity index (χ1v) is 6.51. The average molecular weight is 260 g/mol. The summed E-state index contributed by atoms with van der Waals surface area (Å²) in [6.07, 6.45) is 4.80. The summed E-state index contributed by atoms with van der Waals surface area (Å²) < 4.78 is 0. The quantitative estimate of drug-likeness (QED) is 0.647. The Kier molecular flexibility index (Phi) is 6.62. The molecule has 1 rings (SSSR count). The summed E-state index contributed by atoms with van der Waals surface area (Å²) >= 11 is 0. The lowest BCUT2D eigenvalue weighted by atomic mass is 10.1. The van der Waals surface area contributed by atoms with Crippen LogP contribution < -0.4 is 0 Å². The Balaban J connectivity index is 2.81. The number of pyridine rings is 1. The van der Waals surface area contributed by atoms with E-state index in [1.807, 2.05) is 0 Å². The number of carbonyl (C=O) groups is 1. The van der Waals surface area contributed by atoms with Crippen molar-refractivity contribution >= 4 is 5.91 Å². The molecule has 1 aromatic rings. The van der Waals surface area contributed by atoms with Crippen LogP contribution in [-0.4, -0.2) is 41.1 Å². The summed E-state index contributed by atoms with van der Waals surface area (Å²) in [7, 11) is 1.77. The molecule has 1 amide bonds. The molecule has 0 saturated carbocycles. The lowest BCUT2D eigenvalue weighted by Gasteiger charge is -2.17. The lowest BCUT2D eigenvalue weighted by Crippen LogP contribution is -2.29. The highest BCUT2D eigenvalue weighted by atomic mass is 16.2. The van der Waals surface area contributed by atoms with E-state index >= 15 is 0 Å². The number of aliphatic hydroxyl groups is 1. The Morgan fingerprint density at radius 2 is 2.26 bits per heavy atom. The van der Waals surface area contributed by atoms with Crippen LogP contribution in [0.5, 0.6) is 0 Å². The van der Waals surface area contributed by atoms with E-state index in [-0.39, 0.29) is 12.5 Å². The molecular weight excluding hydrogens is 240 g/mol. The first kappa shape index (κ1) is 15.2. The van der Waals surface area contributed by atoms with E-state index in [0.717, 1.165) is 25.8 Å². The van der Waals surface area contributed by atoms with Crippen molar-refractivity contribution in [1.29, 1.82) is 0 Å². The molecule has 0 aliphatic carbocycles. The molecule has 0 unspecified atom stereocenters. The molecule has 0 aromatic carbocycles. The first-order valence-electron chi connectivity index (χ1n) is 6.51. The van der Waals surface area contributed by atoms with Gasteiger partial charge in [-0.3, -0.25) is 4.79 Å². The summed E-state index contributed by atoms with van der Waals surface area (Å²) in [5.74, 6) is 5.18. The second-order valence-electron chi connectivity index (χ2n) is 4.29. The van der Waals surface area contributed by atoms with Gasteiger partial charge >= 0.3 is 0 Å². The van der Waals surface area contributed by atoms with Crippen LogP contribution in [0.1, 0.15) is 42.2 Å². The number of nitrogens with zero attached hydrogens (tertiary/aromatic N) is 2. The molecular formula is C15H20N2O2. The molecule has 0 atom stereocenters. The van der Waals surface area contributed by atoms with Crippen molar-refractivity contribution < 1.29 is 9.90 Å². The number of rotatable bonds is 5. The van der Waals surface area contributed by atoms with E-state index < -0.39 is 0 Å². The maximum atomic E-state index is 12.3. The van der Waals surface area contributed by atoms with Gasteiger partial charge < -0.3 is 10.0 Å². The Labute approximate surface area is 114 Å². The molecule has 0 aliphatic heterocycles. The van der Waals surface area contributed by atoms with Gasteiger partial charge in [0.1, 0.15) is 12.3 Å². The summed E-state index contributed by atoms with van der Waals surface area (Å²) in [5.41, 5.74) is 0.909. The van der Waals surface area contributed by atoms with Crippen LogP contribution in [0.2, 0.25) is 0 Å². The number of hydrogen-bond donors (Lipinski definition) is 1. The fourth-order valence-electron chi connectivity index (χ4n) is 1.69. The Morgan fingerprint density at radius 1 is 1.47 bits per heavy atom. The van der Waals surface area contributed by atoms with Gasteiger partial charge in [-0.25, -0.2) is 4.98 Å². The van der Waals surface area contributed by atoms with Gasteiger partial charge in [0.05, 0.1) is 5.56 Å². The zero-order valence-electron chi connectivity index (χ0n) is 11.5. The predicted octanol–water partition coefficient (Wildman–Crippen LogP) is 1.69. The van der Waals surface area contributed by atoms with Crippen LogP contribution in [0.3, 0.4) is 0 Å². The molecule has 0 fully saturated rings. The van der Waals surface area contributed by atoms with Crippen molar-refractivity contribution in [3.8, 4) is 11.8 Å². The van der Waals surface area contributed by atoms with Gasteiger partial charge in [-0.05, 0) is 18.6 Å². The minimum Gasteiger partial charge on any atom is -0.384 e. The Morgan fingerprint density at radius 3 is 2.95 bits per heavy atom. The second kappa shape index (κ2) is 8.28. The SMILES string of the molecule is CCCCCN(C)C(=O)c1ncccc1C#CCO. The average Bonchev–Trinajstić information content (AvgIpc) is 2.44. The maximum Gasteiger partial charge on any atom is 0.273 e. The molecule has 102 valence electrons. The van der Waals surface area contributed by atoms with Gasteiger partial charge in [-0.1, -0.05) is 31.6 Å². The highest BCUT2D eigenvalue weighted by Gasteiger charge is 2.15. The van der Waals surface area contributed by atoms with Crippen LogP contribution in [0.15, 0.2) is 18.3 Å². The molecule has 4 nitrogen and oxygen atoms in total. The third kappa shape index (κ3) is 4.72. The molecule has 0 bridgehead atoms. The molecule has 0 spiro atoms. The number of amides is 1. The van der Waals surface area contributed by atoms with E-state index in [9.17, 15) is 4.79 Å². The maximum absolute atomic E-state index is 12.3. The van der Waals surface area contributed by atoms with E-state index in [4.69, 9.17) is 5.11 Å². The molecule has 19 heavy (non-hydrogen) atoms. The molecule has 1 aromatic heterocycles. The minimum absolute atomic E-state index is 0.126. The zero-order chi connectivity index (χ0) is 14.1. The molecule has 4 heteroatoms. The zero-order valence-corrected chi connectivity index (χ0v) is 11.5. The van der Waals surface area contributed by atoms with Crippen LogP contribution in [-0.2, 0) is 0 Å². The fraction of sp³-hybridized carbons (Fsp3) is 0.467. The highest BCUT2D eigenvalue weighted by molar-refractivity contribution is 5.94. The molecule has 1 heterocycles. The van der Waals surface area contributed by atoms with E-state index in [1.54, 1.807) is 30.3 Å². The van der Waals surface area contributed by atoms with Crippen LogP contribution in [0.25, 0.3) is 0 Å². The van der Waals surface area contributed by atoms with Crippen molar-refractivity contribution in [3.05, 3.63) is 29.6 Å². The topological polar surface area (TPSA) is 53.4 Å². The van der Waals surface area contributed by atoms with Gasteiger partial charge in [0.15, 0.2) is 0 Å². The summed E-state index contributed by atoms with van der Waals surface area (Å²) in [6.45, 7) is 2.62. The van der Waals surface area contributed by atoms with Gasteiger partial charge in [0, 0.05) is 19.8 Å². The van der Waals surface area contributed by atoms with Crippen molar-refractivity contribution in [1.82, 2.24) is 9.88 Å². The number of aliphatic hydroxyl groups excluding tert-OH is 1. The number of aromatic nitrogens is 1. The lowest BCUT2D eigenvalue weighted by molar-refractivity contribution is 0.0786. The molecule has 0 aliphatic rings. The smallest absolute Gasteiger partial charge is 0.273 e. The van der Waals surface area contributed by atoms with Crippen molar-refractivity contribution in [2.75, 3.05) is 20.2 Å². The van der Waals surface area contributed by atoms with Gasteiger partial charge in [-0.15, -0.1) is 0 Å². The third-order valence-electron chi connectivity index (χ3n) is 2.76. The summed E-state index contributed by atoms with van der Waals surface area (Å²) in [5, 5.41) is 8.72. The monoisotopic (exact) mass is 260 g/mol. The molecule has 1 N–H and O–H groups in total. The predicted molar refractivity (Wildman–Crippen MR) is 74.7 cm³/mol. The van der Waals surface area contributed by atoms with Gasteiger partial charge in [0.25, 0.3) is 5.91 Å². The Hall–Kier alpha value is -1.86. The molecule has 0 radical (unpaired) electrons. The fourth-order valence-corrected chi connectivity index (χ4v) is 1.69. The van der Waals surface area contributed by atoms with Crippen molar-refractivity contribution in [2.45, 2.75) is 26.2 Å². The molecule has 0 saturated heterocycles. The van der Waals surface area contributed by atoms with E-state index in [2.05, 4.69) is 23.7 Å². The summed E-state index contributed by atoms with van der Waals surface area (Å²) in [4.78, 5) is 18.0. The van der Waals surface area contributed by atoms with Gasteiger partial charge in [0.2, 0.25) is 0 Å². The Bertz CT molecular complexity index is 475. The van der Waals surface area contributed by atoms with Crippen LogP contribution >= 0.6 is 0 Å².